The summed E-state index contributed by atoms with van der Waals surface area (Å²) in [6, 6.07) is -1.06. The van der Waals surface area contributed by atoms with Crippen LogP contribution in [0.2, 0.25) is 0 Å². The van der Waals surface area contributed by atoms with Gasteiger partial charge in [-0.3, -0.25) is 4.79 Å². The Morgan fingerprint density at radius 1 is 1.53 bits per heavy atom. The number of rotatable bonds is 5. The van der Waals surface area contributed by atoms with Gasteiger partial charge in [0.2, 0.25) is 5.91 Å². The van der Waals surface area contributed by atoms with Crippen molar-refractivity contribution < 1.29 is 19.4 Å². The van der Waals surface area contributed by atoms with Crippen molar-refractivity contribution in [2.45, 2.75) is 32.4 Å². The van der Waals surface area contributed by atoms with E-state index < -0.39 is 30.1 Å². The average Bonchev–Trinajstić information content (AvgIpc) is 2.12. The zero-order valence-corrected chi connectivity index (χ0v) is 9.24. The second-order valence-electron chi connectivity index (χ2n) is 3.68. The van der Waals surface area contributed by atoms with Crippen LogP contribution in [0, 0.1) is 0 Å². The summed E-state index contributed by atoms with van der Waals surface area (Å²) in [6.45, 7) is 4.32. The lowest BCUT2D eigenvalue weighted by atomic mass is 10.1. The van der Waals surface area contributed by atoms with Crippen molar-refractivity contribution in [3.05, 3.63) is 0 Å². The highest BCUT2D eigenvalue weighted by atomic mass is 16.5. The number of carbonyl (C=O) groups excluding carboxylic acids is 2. The molecule has 0 radical (unpaired) electrons. The highest BCUT2D eigenvalue weighted by Crippen LogP contribution is 1.98. The van der Waals surface area contributed by atoms with E-state index in [1.165, 1.54) is 13.8 Å². The number of ether oxygens (including phenoxy) is 1. The minimum Gasteiger partial charge on any atom is -0.464 e. The third kappa shape index (κ3) is 4.75. The van der Waals surface area contributed by atoms with Gasteiger partial charge in [-0.15, -0.1) is 0 Å². The van der Waals surface area contributed by atoms with Gasteiger partial charge in [-0.2, -0.15) is 0 Å². The van der Waals surface area contributed by atoms with Crippen LogP contribution < -0.4 is 11.1 Å². The van der Waals surface area contributed by atoms with Crippen LogP contribution in [-0.4, -0.2) is 41.8 Å². The van der Waals surface area contributed by atoms with E-state index in [2.05, 4.69) is 10.1 Å². The first-order valence-corrected chi connectivity index (χ1v) is 4.70. The van der Waals surface area contributed by atoms with Crippen LogP contribution in [-0.2, 0) is 14.3 Å². The van der Waals surface area contributed by atoms with E-state index in [4.69, 9.17) is 10.8 Å². The number of carbonyl (C=O) groups is 2. The molecule has 0 aliphatic carbocycles. The summed E-state index contributed by atoms with van der Waals surface area (Å²) in [7, 11) is 0. The number of nitrogens with two attached hydrogens (primary N) is 1. The summed E-state index contributed by atoms with van der Waals surface area (Å²) >= 11 is 0. The Morgan fingerprint density at radius 3 is 2.40 bits per heavy atom. The van der Waals surface area contributed by atoms with E-state index >= 15 is 0 Å². The molecule has 15 heavy (non-hydrogen) atoms. The summed E-state index contributed by atoms with van der Waals surface area (Å²) in [5.74, 6) is -1.19. The van der Waals surface area contributed by atoms with Gasteiger partial charge in [0.1, 0.15) is 0 Å². The van der Waals surface area contributed by atoms with E-state index in [1.807, 2.05) is 0 Å². The second-order valence-corrected chi connectivity index (χ2v) is 3.68. The zero-order valence-electron chi connectivity index (χ0n) is 9.24. The van der Waals surface area contributed by atoms with Gasteiger partial charge in [0, 0.05) is 0 Å². The monoisotopic (exact) mass is 218 g/mol. The highest BCUT2D eigenvalue weighted by Gasteiger charge is 2.28. The molecule has 0 aliphatic heterocycles. The molecule has 6 nitrogen and oxygen atoms in total. The Morgan fingerprint density at radius 2 is 2.07 bits per heavy atom. The summed E-state index contributed by atoms with van der Waals surface area (Å²) in [6.07, 6.45) is 0. The molecule has 1 unspecified atom stereocenters. The molecular weight excluding hydrogens is 200 g/mol. The lowest BCUT2D eigenvalue weighted by Gasteiger charge is -2.21. The first kappa shape index (κ1) is 13.9. The van der Waals surface area contributed by atoms with E-state index in [0.717, 1.165) is 0 Å². The van der Waals surface area contributed by atoms with Crippen LogP contribution in [0.3, 0.4) is 0 Å². The molecule has 0 aromatic rings. The van der Waals surface area contributed by atoms with Gasteiger partial charge in [0.05, 0.1) is 18.8 Å². The molecule has 0 rings (SSSR count). The maximum atomic E-state index is 11.4. The number of hydrogen-bond acceptors (Lipinski definition) is 5. The lowest BCUT2D eigenvalue weighted by Crippen LogP contribution is -2.55. The van der Waals surface area contributed by atoms with Crippen molar-refractivity contribution in [2.75, 3.05) is 13.2 Å². The Balaban J connectivity index is 4.34. The summed E-state index contributed by atoms with van der Waals surface area (Å²) in [5.41, 5.74) is 4.41. The predicted octanol–water partition coefficient (Wildman–Crippen LogP) is -1.24. The number of amides is 1. The number of nitrogens with one attached hydrogen (secondary N) is 1. The van der Waals surface area contributed by atoms with Gasteiger partial charge in [0.15, 0.2) is 6.04 Å². The Bertz CT molecular complexity index is 235. The van der Waals surface area contributed by atoms with Crippen LogP contribution in [0.4, 0.5) is 0 Å². The smallest absolute Gasteiger partial charge is 0.331 e. The van der Waals surface area contributed by atoms with E-state index in [1.54, 1.807) is 6.92 Å². The molecule has 0 aromatic carbocycles. The molecule has 0 saturated carbocycles. The average molecular weight is 218 g/mol. The molecule has 0 spiro atoms. The fraction of sp³-hybridized carbons (Fsp3) is 0.778. The predicted molar refractivity (Wildman–Crippen MR) is 53.9 cm³/mol. The van der Waals surface area contributed by atoms with Crippen LogP contribution in [0.25, 0.3) is 0 Å². The zero-order chi connectivity index (χ0) is 12.1. The minimum atomic E-state index is -1.10. The second kappa shape index (κ2) is 5.67. The van der Waals surface area contributed by atoms with Crippen molar-refractivity contribution >= 4 is 11.9 Å². The van der Waals surface area contributed by atoms with Gasteiger partial charge in [-0.1, -0.05) is 0 Å². The molecule has 0 heterocycles. The Kier molecular flexibility index (Phi) is 5.24. The number of hydrogen-bond donors (Lipinski definition) is 3. The van der Waals surface area contributed by atoms with Gasteiger partial charge in [-0.05, 0) is 20.8 Å². The third-order valence-electron chi connectivity index (χ3n) is 1.64. The molecule has 1 atom stereocenters. The third-order valence-corrected chi connectivity index (χ3v) is 1.64. The standard InChI is InChI=1S/C9H18N2O4/c1-4-15-7(13)6(5-12)11-8(14)9(2,3)10/h6,12H,4-5,10H2,1-3H3,(H,11,14). The summed E-state index contributed by atoms with van der Waals surface area (Å²) < 4.78 is 4.65. The number of esters is 1. The van der Waals surface area contributed by atoms with Crippen molar-refractivity contribution in [3.8, 4) is 0 Å². The van der Waals surface area contributed by atoms with Gasteiger partial charge in [0.25, 0.3) is 0 Å². The van der Waals surface area contributed by atoms with Gasteiger partial charge < -0.3 is 20.9 Å². The molecule has 6 heteroatoms. The van der Waals surface area contributed by atoms with Crippen LogP contribution in [0.15, 0.2) is 0 Å². The molecular formula is C9H18N2O4. The molecule has 0 bridgehead atoms. The summed E-state index contributed by atoms with van der Waals surface area (Å²) in [4.78, 5) is 22.6. The van der Waals surface area contributed by atoms with Crippen LogP contribution in [0.1, 0.15) is 20.8 Å². The first-order valence-electron chi connectivity index (χ1n) is 4.70. The fourth-order valence-electron chi connectivity index (χ4n) is 0.766. The van der Waals surface area contributed by atoms with Gasteiger partial charge >= 0.3 is 5.97 Å². The molecule has 0 fully saturated rings. The molecule has 88 valence electrons. The molecule has 0 aliphatic rings. The topological polar surface area (TPSA) is 102 Å². The molecule has 1 amide bonds. The van der Waals surface area contributed by atoms with Crippen LogP contribution in [0.5, 0.6) is 0 Å². The van der Waals surface area contributed by atoms with Crippen molar-refractivity contribution in [2.24, 2.45) is 5.73 Å². The van der Waals surface area contributed by atoms with E-state index in [9.17, 15) is 9.59 Å². The van der Waals surface area contributed by atoms with E-state index in [-0.39, 0.29) is 6.61 Å². The van der Waals surface area contributed by atoms with Crippen molar-refractivity contribution in [3.63, 3.8) is 0 Å². The number of aliphatic hydroxyl groups excluding tert-OH is 1. The molecule has 0 saturated heterocycles. The normalized spacial score (nSPS) is 13.1. The molecule has 4 N–H and O–H groups in total. The van der Waals surface area contributed by atoms with Gasteiger partial charge in [-0.25, -0.2) is 4.79 Å². The quantitative estimate of drug-likeness (QED) is 0.501. The molecule has 0 aromatic heterocycles. The summed E-state index contributed by atoms with van der Waals surface area (Å²) in [5, 5.41) is 11.2. The van der Waals surface area contributed by atoms with Crippen molar-refractivity contribution in [1.29, 1.82) is 0 Å². The SMILES string of the molecule is CCOC(=O)C(CO)NC(=O)C(C)(C)N. The van der Waals surface area contributed by atoms with Crippen LogP contribution >= 0.6 is 0 Å². The first-order chi connectivity index (χ1) is 6.82. The largest absolute Gasteiger partial charge is 0.464 e. The minimum absolute atomic E-state index is 0.192. The highest BCUT2D eigenvalue weighted by molar-refractivity contribution is 5.89. The maximum Gasteiger partial charge on any atom is 0.331 e. The Labute approximate surface area is 88.8 Å². The van der Waals surface area contributed by atoms with E-state index in [0.29, 0.717) is 0 Å². The fourth-order valence-corrected chi connectivity index (χ4v) is 0.766. The lowest BCUT2D eigenvalue weighted by molar-refractivity contribution is -0.149. The maximum absolute atomic E-state index is 11.4. The Hall–Kier alpha value is -1.14. The number of aliphatic hydroxyl groups is 1. The van der Waals surface area contributed by atoms with Crippen molar-refractivity contribution in [1.82, 2.24) is 5.32 Å².